The molecule has 0 bridgehead atoms. The molecule has 2 aliphatic heterocycles. The topological polar surface area (TPSA) is 100 Å². The number of amides is 1. The summed E-state index contributed by atoms with van der Waals surface area (Å²) in [5.74, 6) is -0.927. The quantitative estimate of drug-likeness (QED) is 0.727. The van der Waals surface area contributed by atoms with E-state index in [0.29, 0.717) is 0 Å². The first kappa shape index (κ1) is 15.4. The fourth-order valence-corrected chi connectivity index (χ4v) is 2.71. The molecule has 9 heteroatoms. The van der Waals surface area contributed by atoms with Gasteiger partial charge >= 0.3 is 17.3 Å². The second kappa shape index (κ2) is 5.76. The molecule has 0 aromatic rings. The Morgan fingerprint density at radius 3 is 2.75 bits per heavy atom. The highest BCUT2D eigenvalue weighted by atomic mass is 32.2. The number of carbonyl (C=O) groups is 2. The van der Waals surface area contributed by atoms with Crippen molar-refractivity contribution in [3.05, 3.63) is 0 Å². The second-order valence-corrected chi connectivity index (χ2v) is 6.32. The lowest BCUT2D eigenvalue weighted by atomic mass is 10.0. The molecule has 2 heterocycles. The average Bonchev–Trinajstić information content (AvgIpc) is 2.68. The van der Waals surface area contributed by atoms with Gasteiger partial charge in [0.25, 0.3) is 5.91 Å². The molecular formula is C11H17NO7S. The van der Waals surface area contributed by atoms with Crippen LogP contribution < -0.4 is 5.48 Å². The predicted molar refractivity (Wildman–Crippen MR) is 66.0 cm³/mol. The van der Waals surface area contributed by atoms with Crippen molar-refractivity contribution in [2.45, 2.75) is 57.5 Å². The smallest absolute Gasteiger partial charge is 0.306 e. The number of hydrogen-bond acceptors (Lipinski definition) is 7. The van der Waals surface area contributed by atoms with E-state index in [0.717, 1.165) is 0 Å². The Morgan fingerprint density at radius 2 is 2.10 bits per heavy atom. The fraction of sp³-hybridized carbons (Fsp3) is 0.818. The van der Waals surface area contributed by atoms with Gasteiger partial charge in [-0.05, 0) is 27.2 Å². The summed E-state index contributed by atoms with van der Waals surface area (Å²) < 4.78 is 26.2. The molecule has 2 saturated heterocycles. The van der Waals surface area contributed by atoms with Crippen molar-refractivity contribution in [3.63, 3.8) is 0 Å². The molecule has 20 heavy (non-hydrogen) atoms. The molecule has 0 aromatic heterocycles. The van der Waals surface area contributed by atoms with Gasteiger partial charge in [0.1, 0.15) is 17.8 Å². The third kappa shape index (κ3) is 3.75. The SMILES string of the molecule is CC(C)(C)OC(=O)CCC1ONC(=O)[C@@H]2O[S@](=O)O[C@H]12. The van der Waals surface area contributed by atoms with E-state index in [1.807, 2.05) is 0 Å². The molecule has 2 rings (SSSR count). The first-order valence-electron chi connectivity index (χ1n) is 6.19. The Bertz CT molecular complexity index is 433. The van der Waals surface area contributed by atoms with Crippen molar-refractivity contribution in [2.75, 3.05) is 0 Å². The van der Waals surface area contributed by atoms with Crippen LogP contribution in [0.3, 0.4) is 0 Å². The Balaban J connectivity index is 1.88. The maximum absolute atomic E-state index is 11.6. The van der Waals surface area contributed by atoms with Gasteiger partial charge in [0.05, 0.1) is 0 Å². The molecule has 4 atom stereocenters. The minimum absolute atomic E-state index is 0.0943. The van der Waals surface area contributed by atoms with E-state index in [2.05, 4.69) is 5.48 Å². The number of hydrogen-bond donors (Lipinski definition) is 1. The average molecular weight is 307 g/mol. The molecule has 2 aliphatic rings. The Hall–Kier alpha value is -1.03. The van der Waals surface area contributed by atoms with E-state index < -0.39 is 41.2 Å². The van der Waals surface area contributed by atoms with Crippen molar-refractivity contribution in [3.8, 4) is 0 Å². The van der Waals surface area contributed by atoms with Crippen LogP contribution in [0.4, 0.5) is 0 Å². The molecule has 0 aliphatic carbocycles. The van der Waals surface area contributed by atoms with E-state index >= 15 is 0 Å². The maximum Gasteiger partial charge on any atom is 0.306 e. The molecule has 0 aromatic carbocycles. The van der Waals surface area contributed by atoms with E-state index in [1.165, 1.54) is 0 Å². The zero-order valence-corrected chi connectivity index (χ0v) is 12.2. The lowest BCUT2D eigenvalue weighted by Crippen LogP contribution is -2.54. The third-order valence-electron chi connectivity index (χ3n) is 2.66. The Kier molecular flexibility index (Phi) is 4.43. The van der Waals surface area contributed by atoms with Gasteiger partial charge in [0.15, 0.2) is 6.10 Å². The molecule has 1 amide bonds. The van der Waals surface area contributed by atoms with Crippen LogP contribution >= 0.6 is 0 Å². The molecule has 0 radical (unpaired) electrons. The van der Waals surface area contributed by atoms with Gasteiger partial charge in [-0.3, -0.25) is 22.8 Å². The van der Waals surface area contributed by atoms with Crippen LogP contribution in [0, 0.1) is 0 Å². The van der Waals surface area contributed by atoms with E-state index in [9.17, 15) is 13.8 Å². The molecule has 1 N–H and O–H groups in total. The summed E-state index contributed by atoms with van der Waals surface area (Å²) in [7, 11) is 0. The third-order valence-corrected chi connectivity index (χ3v) is 3.40. The molecule has 114 valence electrons. The summed E-state index contributed by atoms with van der Waals surface area (Å²) in [5.41, 5.74) is 1.61. The number of fused-ring (bicyclic) bond motifs is 1. The summed E-state index contributed by atoms with van der Waals surface area (Å²) in [4.78, 5) is 28.1. The van der Waals surface area contributed by atoms with Crippen LogP contribution in [-0.4, -0.2) is 40.0 Å². The number of esters is 1. The first-order chi connectivity index (χ1) is 9.26. The zero-order valence-electron chi connectivity index (χ0n) is 11.4. The minimum Gasteiger partial charge on any atom is -0.460 e. The maximum atomic E-state index is 11.6. The van der Waals surface area contributed by atoms with Gasteiger partial charge in [0, 0.05) is 6.42 Å². The lowest BCUT2D eigenvalue weighted by Gasteiger charge is -2.29. The van der Waals surface area contributed by atoms with Gasteiger partial charge < -0.3 is 4.74 Å². The molecule has 0 saturated carbocycles. The van der Waals surface area contributed by atoms with Crippen molar-refractivity contribution in [2.24, 2.45) is 0 Å². The van der Waals surface area contributed by atoms with Gasteiger partial charge in [-0.25, -0.2) is 5.48 Å². The van der Waals surface area contributed by atoms with Gasteiger partial charge in [-0.1, -0.05) is 0 Å². The number of carbonyl (C=O) groups excluding carboxylic acids is 2. The van der Waals surface area contributed by atoms with E-state index in [-0.39, 0.29) is 18.8 Å². The molecule has 1 unspecified atom stereocenters. The standard InChI is InChI=1S/C11H17NO7S/c1-11(2,3)16-7(13)5-4-6-8-9(10(14)12-17-6)19-20(15)18-8/h6,8-9H,4-5H2,1-3H3,(H,12,14)/t6?,8-,9-,20-/m1/s1. The van der Waals surface area contributed by atoms with Gasteiger partial charge in [-0.15, -0.1) is 0 Å². The minimum atomic E-state index is -1.97. The highest BCUT2D eigenvalue weighted by Gasteiger charge is 2.49. The van der Waals surface area contributed by atoms with Crippen molar-refractivity contribution in [1.82, 2.24) is 5.48 Å². The van der Waals surface area contributed by atoms with E-state index in [4.69, 9.17) is 17.9 Å². The lowest BCUT2D eigenvalue weighted by molar-refractivity contribution is -0.174. The number of rotatable bonds is 3. The number of hydroxylamine groups is 1. The first-order valence-corrected chi connectivity index (χ1v) is 7.19. The monoisotopic (exact) mass is 307 g/mol. The van der Waals surface area contributed by atoms with Crippen LogP contribution in [0.2, 0.25) is 0 Å². The van der Waals surface area contributed by atoms with Crippen molar-refractivity contribution < 1.29 is 31.7 Å². The highest BCUT2D eigenvalue weighted by molar-refractivity contribution is 7.75. The molecule has 8 nitrogen and oxygen atoms in total. The normalized spacial score (nSPS) is 33.5. The molecule has 2 fully saturated rings. The number of nitrogens with one attached hydrogen (secondary N) is 1. The summed E-state index contributed by atoms with van der Waals surface area (Å²) in [6, 6.07) is 0. The van der Waals surface area contributed by atoms with Crippen LogP contribution in [-0.2, 0) is 38.9 Å². The summed E-state index contributed by atoms with van der Waals surface area (Å²) in [5, 5.41) is 0. The van der Waals surface area contributed by atoms with Crippen molar-refractivity contribution in [1.29, 1.82) is 0 Å². The Morgan fingerprint density at radius 1 is 1.40 bits per heavy atom. The second-order valence-electron chi connectivity index (χ2n) is 5.53. The highest BCUT2D eigenvalue weighted by Crippen LogP contribution is 2.27. The number of ether oxygens (including phenoxy) is 1. The predicted octanol–water partition coefficient (Wildman–Crippen LogP) is -0.0990. The van der Waals surface area contributed by atoms with Crippen LogP contribution in [0.25, 0.3) is 0 Å². The summed E-state index contributed by atoms with van der Waals surface area (Å²) in [6.07, 6.45) is -2.02. The van der Waals surface area contributed by atoms with Crippen LogP contribution in [0.1, 0.15) is 33.6 Å². The summed E-state index contributed by atoms with van der Waals surface area (Å²) >= 11 is -1.97. The summed E-state index contributed by atoms with van der Waals surface area (Å²) in [6.45, 7) is 5.32. The Labute approximate surface area is 118 Å². The zero-order chi connectivity index (χ0) is 14.9. The molecule has 0 spiro atoms. The van der Waals surface area contributed by atoms with Gasteiger partial charge in [-0.2, -0.15) is 4.21 Å². The van der Waals surface area contributed by atoms with Gasteiger partial charge in [0.2, 0.25) is 0 Å². The fourth-order valence-electron chi connectivity index (χ4n) is 1.89. The molecular weight excluding hydrogens is 290 g/mol. The van der Waals surface area contributed by atoms with E-state index in [1.54, 1.807) is 20.8 Å². The van der Waals surface area contributed by atoms with Crippen molar-refractivity contribution >= 4 is 23.2 Å². The van der Waals surface area contributed by atoms with Crippen LogP contribution in [0.5, 0.6) is 0 Å². The largest absolute Gasteiger partial charge is 0.460 e. The van der Waals surface area contributed by atoms with Crippen LogP contribution in [0.15, 0.2) is 0 Å².